The highest BCUT2D eigenvalue weighted by Gasteiger charge is 2.41. The van der Waals surface area contributed by atoms with Gasteiger partial charge in [0.2, 0.25) is 6.23 Å². The molecule has 0 saturated carbocycles. The van der Waals surface area contributed by atoms with E-state index in [2.05, 4.69) is 0 Å². The zero-order valence-electron chi connectivity index (χ0n) is 15.5. The van der Waals surface area contributed by atoms with Gasteiger partial charge in [-0.05, 0) is 35.9 Å². The molecule has 0 unspecified atom stereocenters. The predicted octanol–water partition coefficient (Wildman–Crippen LogP) is 5.63. The lowest BCUT2D eigenvalue weighted by Gasteiger charge is -2.38. The van der Waals surface area contributed by atoms with Crippen LogP contribution in [0.1, 0.15) is 35.4 Å². The molecule has 3 aromatic carbocycles. The van der Waals surface area contributed by atoms with E-state index in [1.54, 1.807) is 41.4 Å². The Bertz CT molecular complexity index is 1180. The van der Waals surface area contributed by atoms with Crippen LogP contribution >= 0.6 is 11.6 Å². The van der Waals surface area contributed by atoms with Crippen LogP contribution in [-0.4, -0.2) is 15.6 Å². The summed E-state index contributed by atoms with van der Waals surface area (Å²) in [6.07, 6.45) is -0.0603. The van der Waals surface area contributed by atoms with E-state index in [1.807, 2.05) is 6.07 Å². The van der Waals surface area contributed by atoms with Gasteiger partial charge in [-0.1, -0.05) is 35.9 Å². The molecule has 0 aliphatic carbocycles. The summed E-state index contributed by atoms with van der Waals surface area (Å²) in [5.41, 5.74) is 3.10. The Morgan fingerprint density at radius 2 is 1.93 bits per heavy atom. The Kier molecular flexibility index (Phi) is 4.40. The molecule has 0 spiro atoms. The zero-order chi connectivity index (χ0) is 20.8. The van der Waals surface area contributed by atoms with E-state index >= 15 is 0 Å². The average Bonchev–Trinajstić information content (AvgIpc) is 3.19. The number of hydrogen-bond donors (Lipinski definition) is 0. The number of fused-ring (bicyclic) bond motifs is 3. The second kappa shape index (κ2) is 7.11. The van der Waals surface area contributed by atoms with Crippen molar-refractivity contribution in [2.75, 3.05) is 0 Å². The monoisotopic (exact) mass is 423 g/mol. The molecule has 0 fully saturated rings. The number of halogens is 2. The van der Waals surface area contributed by atoms with Gasteiger partial charge in [0.1, 0.15) is 11.6 Å². The Balaban J connectivity index is 1.60. The molecule has 0 bridgehead atoms. The molecular formula is C22H15ClFN3O3. The Labute approximate surface area is 176 Å². The summed E-state index contributed by atoms with van der Waals surface area (Å²) in [5.74, 6) is 0.345. The topological polar surface area (TPSA) is 68.0 Å². The summed E-state index contributed by atoms with van der Waals surface area (Å²) in [7, 11) is 0. The standard InChI is InChI=1S/C22H15ClFN3O3/c23-15-6-9-21-18(11-15)20-12-19(13-4-7-16(24)8-5-13)25-26(20)22(30-21)14-2-1-3-17(10-14)27(28)29/h1-11,20,22H,12H2/t20-,22-/m1/s1. The molecule has 8 heteroatoms. The fraction of sp³-hybridized carbons (Fsp3) is 0.136. The number of hydrazone groups is 1. The van der Waals surface area contributed by atoms with Crippen molar-refractivity contribution in [1.82, 2.24) is 5.01 Å². The van der Waals surface area contributed by atoms with Crippen molar-refractivity contribution >= 4 is 23.0 Å². The maximum atomic E-state index is 13.4. The first-order valence-corrected chi connectivity index (χ1v) is 9.69. The van der Waals surface area contributed by atoms with E-state index in [1.165, 1.54) is 24.3 Å². The Hall–Kier alpha value is -3.45. The lowest BCUT2D eigenvalue weighted by Crippen LogP contribution is -2.33. The number of nitro groups is 1. The van der Waals surface area contributed by atoms with Crippen LogP contribution in [0.2, 0.25) is 5.02 Å². The fourth-order valence-electron chi connectivity index (χ4n) is 3.89. The van der Waals surface area contributed by atoms with Gasteiger partial charge in [-0.15, -0.1) is 0 Å². The third kappa shape index (κ3) is 3.17. The van der Waals surface area contributed by atoms with Crippen LogP contribution in [0.3, 0.4) is 0 Å². The van der Waals surface area contributed by atoms with Gasteiger partial charge in [-0.3, -0.25) is 10.1 Å². The van der Waals surface area contributed by atoms with Gasteiger partial charge in [0, 0.05) is 34.7 Å². The number of benzene rings is 3. The third-order valence-electron chi connectivity index (χ3n) is 5.30. The van der Waals surface area contributed by atoms with E-state index in [9.17, 15) is 14.5 Å². The molecule has 0 amide bonds. The molecule has 150 valence electrons. The Morgan fingerprint density at radius 1 is 1.13 bits per heavy atom. The van der Waals surface area contributed by atoms with Crippen molar-refractivity contribution in [2.45, 2.75) is 18.7 Å². The number of nitro benzene ring substituents is 1. The first-order chi connectivity index (χ1) is 14.5. The highest BCUT2D eigenvalue weighted by molar-refractivity contribution is 6.30. The summed E-state index contributed by atoms with van der Waals surface area (Å²) in [6.45, 7) is 0. The molecule has 0 N–H and O–H groups in total. The second-order valence-corrected chi connectivity index (χ2v) is 7.59. The first kappa shape index (κ1) is 18.6. The van der Waals surface area contributed by atoms with Gasteiger partial charge < -0.3 is 4.74 Å². The van der Waals surface area contributed by atoms with E-state index in [-0.39, 0.29) is 17.5 Å². The quantitative estimate of drug-likeness (QED) is 0.404. The summed E-state index contributed by atoms with van der Waals surface area (Å²) < 4.78 is 19.6. The molecule has 6 nitrogen and oxygen atoms in total. The van der Waals surface area contributed by atoms with Gasteiger partial charge in [0.25, 0.3) is 5.69 Å². The average molecular weight is 424 g/mol. The van der Waals surface area contributed by atoms with Crippen molar-refractivity contribution in [3.8, 4) is 5.75 Å². The van der Waals surface area contributed by atoms with E-state index in [0.29, 0.717) is 22.8 Å². The van der Waals surface area contributed by atoms with Crippen LogP contribution in [0.5, 0.6) is 5.75 Å². The van der Waals surface area contributed by atoms with E-state index < -0.39 is 11.2 Å². The largest absolute Gasteiger partial charge is 0.464 e. The van der Waals surface area contributed by atoms with Crippen molar-refractivity contribution in [3.63, 3.8) is 0 Å². The molecule has 2 atom stereocenters. The predicted molar refractivity (Wildman–Crippen MR) is 110 cm³/mol. The molecule has 2 heterocycles. The normalized spacial score (nSPS) is 19.5. The van der Waals surface area contributed by atoms with Crippen LogP contribution in [0, 0.1) is 15.9 Å². The van der Waals surface area contributed by atoms with E-state index in [4.69, 9.17) is 21.4 Å². The fourth-order valence-corrected chi connectivity index (χ4v) is 4.07. The van der Waals surface area contributed by atoms with Crippen LogP contribution in [-0.2, 0) is 0 Å². The molecule has 3 aromatic rings. The minimum atomic E-state index is -0.637. The number of hydrogen-bond acceptors (Lipinski definition) is 5. The summed E-state index contributed by atoms with van der Waals surface area (Å²) in [5, 5.41) is 18.4. The number of rotatable bonds is 3. The van der Waals surface area contributed by atoms with Crippen molar-refractivity contribution in [2.24, 2.45) is 5.10 Å². The van der Waals surface area contributed by atoms with E-state index in [0.717, 1.165) is 16.8 Å². The van der Waals surface area contributed by atoms with Gasteiger partial charge in [0.05, 0.1) is 16.7 Å². The Morgan fingerprint density at radius 3 is 2.70 bits per heavy atom. The highest BCUT2D eigenvalue weighted by atomic mass is 35.5. The van der Waals surface area contributed by atoms with Crippen LogP contribution in [0.4, 0.5) is 10.1 Å². The molecule has 0 saturated heterocycles. The van der Waals surface area contributed by atoms with Crippen molar-refractivity contribution in [1.29, 1.82) is 0 Å². The van der Waals surface area contributed by atoms with Gasteiger partial charge >= 0.3 is 0 Å². The highest BCUT2D eigenvalue weighted by Crippen LogP contribution is 2.48. The molecule has 30 heavy (non-hydrogen) atoms. The second-order valence-electron chi connectivity index (χ2n) is 7.16. The molecule has 0 radical (unpaired) electrons. The maximum absolute atomic E-state index is 13.4. The summed E-state index contributed by atoms with van der Waals surface area (Å²) >= 11 is 6.22. The van der Waals surface area contributed by atoms with Crippen LogP contribution < -0.4 is 4.74 Å². The lowest BCUT2D eigenvalue weighted by molar-refractivity contribution is -0.385. The minimum absolute atomic E-state index is 0.0171. The minimum Gasteiger partial charge on any atom is -0.464 e. The molecule has 5 rings (SSSR count). The maximum Gasteiger partial charge on any atom is 0.269 e. The molecule has 2 aliphatic heterocycles. The lowest BCUT2D eigenvalue weighted by atomic mass is 9.96. The van der Waals surface area contributed by atoms with Crippen molar-refractivity contribution < 1.29 is 14.1 Å². The van der Waals surface area contributed by atoms with Gasteiger partial charge in [0.15, 0.2) is 0 Å². The first-order valence-electron chi connectivity index (χ1n) is 9.32. The molecular weight excluding hydrogens is 409 g/mol. The zero-order valence-corrected chi connectivity index (χ0v) is 16.3. The van der Waals surface area contributed by atoms with Crippen molar-refractivity contribution in [3.05, 3.63) is 104 Å². The number of nitrogens with zero attached hydrogens (tertiary/aromatic N) is 3. The smallest absolute Gasteiger partial charge is 0.269 e. The number of non-ortho nitro benzene ring substituents is 1. The SMILES string of the molecule is O=[N+]([O-])c1cccc([C@H]2Oc3ccc(Cl)cc3[C@H]3CC(c4ccc(F)cc4)=NN32)c1. The van der Waals surface area contributed by atoms with Crippen LogP contribution in [0.25, 0.3) is 0 Å². The number of ether oxygens (including phenoxy) is 1. The summed E-state index contributed by atoms with van der Waals surface area (Å²) in [4.78, 5) is 10.8. The van der Waals surface area contributed by atoms with Gasteiger partial charge in [-0.25, -0.2) is 9.40 Å². The molecule has 2 aliphatic rings. The molecule has 0 aromatic heterocycles. The third-order valence-corrected chi connectivity index (χ3v) is 5.53. The van der Waals surface area contributed by atoms with Gasteiger partial charge in [-0.2, -0.15) is 5.10 Å². The summed E-state index contributed by atoms with van der Waals surface area (Å²) in [6, 6.07) is 17.8. The van der Waals surface area contributed by atoms with Crippen LogP contribution in [0.15, 0.2) is 71.8 Å².